The minimum atomic E-state index is -1.11. The predicted molar refractivity (Wildman–Crippen MR) is 151 cm³/mol. The average molecular weight is 536 g/mol. The third kappa shape index (κ3) is 12.7. The molecule has 0 radical (unpaired) electrons. The Morgan fingerprint density at radius 3 is 2.18 bits per heavy atom. The molecule has 0 saturated carbocycles. The van der Waals surface area contributed by atoms with Crippen LogP contribution in [-0.4, -0.2) is 72.7 Å². The Labute approximate surface area is 229 Å². The van der Waals surface area contributed by atoms with Crippen LogP contribution >= 0.6 is 0 Å². The first-order chi connectivity index (χ1) is 17.9. The summed E-state index contributed by atoms with van der Waals surface area (Å²) < 4.78 is 0. The monoisotopic (exact) mass is 535 g/mol. The Hall–Kier alpha value is -3.35. The van der Waals surface area contributed by atoms with Gasteiger partial charge in [0.1, 0.15) is 12.1 Å². The molecule has 38 heavy (non-hydrogen) atoms. The Morgan fingerprint density at radius 1 is 1.13 bits per heavy atom. The van der Waals surface area contributed by atoms with Crippen molar-refractivity contribution in [3.05, 3.63) is 12.7 Å². The van der Waals surface area contributed by atoms with Gasteiger partial charge in [-0.25, -0.2) is 4.79 Å². The van der Waals surface area contributed by atoms with Crippen molar-refractivity contribution in [3.8, 4) is 12.3 Å². The molecule has 0 aromatic rings. The van der Waals surface area contributed by atoms with Crippen LogP contribution in [0.4, 0.5) is 4.79 Å². The highest BCUT2D eigenvalue weighted by atomic mass is 16.2. The number of nitrogens with zero attached hydrogens (tertiary/aromatic N) is 1. The van der Waals surface area contributed by atoms with E-state index in [0.29, 0.717) is 19.4 Å². The average Bonchev–Trinajstić information content (AvgIpc) is 3.38. The van der Waals surface area contributed by atoms with E-state index in [4.69, 9.17) is 6.42 Å². The summed E-state index contributed by atoms with van der Waals surface area (Å²) in [6.07, 6.45) is 9.23. The lowest BCUT2D eigenvalue weighted by atomic mass is 9.85. The maximum atomic E-state index is 13.3. The highest BCUT2D eigenvalue weighted by molar-refractivity contribution is 6.38. The van der Waals surface area contributed by atoms with Crippen LogP contribution in [-0.2, 0) is 19.2 Å². The van der Waals surface area contributed by atoms with E-state index in [1.54, 1.807) is 0 Å². The van der Waals surface area contributed by atoms with Gasteiger partial charge in [0, 0.05) is 26.6 Å². The molecular weight excluding hydrogens is 486 g/mol. The molecular formula is C28H49N5O5. The molecule has 216 valence electrons. The van der Waals surface area contributed by atoms with Gasteiger partial charge >= 0.3 is 6.03 Å². The molecule has 10 nitrogen and oxygen atoms in total. The van der Waals surface area contributed by atoms with Gasteiger partial charge in [-0.15, -0.1) is 18.9 Å². The number of likely N-dealkylation sites (tertiary alicyclic amines) is 1. The van der Waals surface area contributed by atoms with Crippen molar-refractivity contribution in [1.29, 1.82) is 0 Å². The summed E-state index contributed by atoms with van der Waals surface area (Å²) in [5.41, 5.74) is -0.609. The van der Waals surface area contributed by atoms with E-state index in [-0.39, 0.29) is 25.3 Å². The molecule has 0 aromatic carbocycles. The zero-order valence-electron chi connectivity index (χ0n) is 24.5. The molecule has 0 aromatic heterocycles. The van der Waals surface area contributed by atoms with Gasteiger partial charge in [-0.1, -0.05) is 61.0 Å². The first-order valence-corrected chi connectivity index (χ1v) is 13.3. The molecule has 4 N–H and O–H groups in total. The fourth-order valence-electron chi connectivity index (χ4n) is 3.50. The van der Waals surface area contributed by atoms with Crippen molar-refractivity contribution >= 4 is 29.5 Å². The lowest BCUT2D eigenvalue weighted by Crippen LogP contribution is -2.59. The first-order valence-electron chi connectivity index (χ1n) is 13.3. The van der Waals surface area contributed by atoms with E-state index >= 15 is 0 Å². The molecule has 0 bridgehead atoms. The Morgan fingerprint density at radius 2 is 1.71 bits per heavy atom. The van der Waals surface area contributed by atoms with Crippen LogP contribution in [0.2, 0.25) is 0 Å². The van der Waals surface area contributed by atoms with Crippen molar-refractivity contribution in [3.63, 3.8) is 0 Å². The SMILES string of the molecule is C#CCCC(NC(=O)C1CCCN1C(=O)C(NC(=O)NC)C(C)(C)C)C(=O)C(=O)NCC=C.CC.CCC. The molecule has 0 spiro atoms. The second-order valence-corrected chi connectivity index (χ2v) is 9.59. The molecule has 1 aliphatic rings. The van der Waals surface area contributed by atoms with Gasteiger partial charge in [-0.05, 0) is 24.7 Å². The number of Topliss-reactive ketones (excluding diaryl/α,β-unsaturated/α-hetero) is 1. The fourth-order valence-corrected chi connectivity index (χ4v) is 3.50. The molecule has 5 amide bonds. The molecule has 1 aliphatic heterocycles. The maximum Gasteiger partial charge on any atom is 0.315 e. The summed E-state index contributed by atoms with van der Waals surface area (Å²) in [6, 6.07) is -3.31. The van der Waals surface area contributed by atoms with Crippen molar-refractivity contribution in [1.82, 2.24) is 26.2 Å². The van der Waals surface area contributed by atoms with Crippen molar-refractivity contribution in [2.75, 3.05) is 20.1 Å². The lowest BCUT2D eigenvalue weighted by molar-refractivity contribution is -0.143. The van der Waals surface area contributed by atoms with Crippen molar-refractivity contribution < 1.29 is 24.0 Å². The topological polar surface area (TPSA) is 137 Å². The van der Waals surface area contributed by atoms with Gasteiger partial charge in [0.2, 0.25) is 17.6 Å². The largest absolute Gasteiger partial charge is 0.346 e. The number of hydrogen-bond donors (Lipinski definition) is 4. The van der Waals surface area contributed by atoms with E-state index in [2.05, 4.69) is 47.6 Å². The number of hydrogen-bond acceptors (Lipinski definition) is 5. The third-order valence-corrected chi connectivity index (χ3v) is 5.30. The number of carbonyl (C=O) groups is 5. The summed E-state index contributed by atoms with van der Waals surface area (Å²) in [5, 5.41) is 10.1. The minimum Gasteiger partial charge on any atom is -0.346 e. The number of carbonyl (C=O) groups excluding carboxylic acids is 5. The van der Waals surface area contributed by atoms with Crippen LogP contribution in [0.15, 0.2) is 12.7 Å². The van der Waals surface area contributed by atoms with E-state index in [1.807, 2.05) is 34.6 Å². The minimum absolute atomic E-state index is 0.0894. The van der Waals surface area contributed by atoms with Crippen LogP contribution in [0, 0.1) is 17.8 Å². The standard InChI is InChI=1S/C23H35N5O5.C3H8.C2H6/c1-7-9-11-15(17(29)20(31)25-13-8-2)26-19(30)16-12-10-14-28(16)21(32)18(23(3,4)5)27-22(33)24-6;1-3-2;1-2/h1,8,15-16,18H,2,9-14H2,3-6H3,(H,25,31)(H,26,30)(H2,24,27,33);3H2,1-2H3;1-2H3. The van der Waals surface area contributed by atoms with Crippen molar-refractivity contribution in [2.45, 2.75) is 98.7 Å². The summed E-state index contributed by atoms with van der Waals surface area (Å²) in [6.45, 7) is 17.6. The zero-order valence-corrected chi connectivity index (χ0v) is 24.5. The van der Waals surface area contributed by atoms with Gasteiger partial charge in [0.15, 0.2) is 0 Å². The molecule has 1 heterocycles. The maximum absolute atomic E-state index is 13.3. The normalized spacial score (nSPS) is 15.6. The molecule has 3 unspecified atom stereocenters. The zero-order chi connectivity index (χ0) is 29.9. The number of rotatable bonds is 10. The number of ketones is 1. The summed E-state index contributed by atoms with van der Waals surface area (Å²) in [7, 11) is 1.45. The van der Waals surface area contributed by atoms with Crippen LogP contribution in [0.25, 0.3) is 0 Å². The highest BCUT2D eigenvalue weighted by Crippen LogP contribution is 2.26. The van der Waals surface area contributed by atoms with Crippen LogP contribution in [0.1, 0.15) is 80.6 Å². The Balaban J connectivity index is 0. The fraction of sp³-hybridized carbons (Fsp3) is 0.679. The van der Waals surface area contributed by atoms with Gasteiger partial charge < -0.3 is 26.2 Å². The van der Waals surface area contributed by atoms with E-state index < -0.39 is 47.2 Å². The molecule has 3 atom stereocenters. The van der Waals surface area contributed by atoms with Gasteiger partial charge in [-0.3, -0.25) is 19.2 Å². The van der Waals surface area contributed by atoms with Crippen molar-refractivity contribution in [2.24, 2.45) is 5.41 Å². The number of nitrogens with one attached hydrogen (secondary N) is 4. The van der Waals surface area contributed by atoms with E-state index in [0.717, 1.165) is 0 Å². The van der Waals surface area contributed by atoms with E-state index in [1.165, 1.54) is 24.4 Å². The Bertz CT molecular complexity index is 828. The summed E-state index contributed by atoms with van der Waals surface area (Å²) in [5.74, 6) is -0.196. The third-order valence-electron chi connectivity index (χ3n) is 5.30. The van der Waals surface area contributed by atoms with Crippen LogP contribution in [0.5, 0.6) is 0 Å². The Kier molecular flexibility index (Phi) is 19.1. The van der Waals surface area contributed by atoms with Crippen LogP contribution in [0.3, 0.4) is 0 Å². The number of urea groups is 1. The van der Waals surface area contributed by atoms with Gasteiger partial charge in [-0.2, -0.15) is 0 Å². The number of terminal acetylenes is 1. The quantitative estimate of drug-likeness (QED) is 0.194. The van der Waals surface area contributed by atoms with Crippen LogP contribution < -0.4 is 21.3 Å². The van der Waals surface area contributed by atoms with Gasteiger partial charge in [0.25, 0.3) is 5.91 Å². The summed E-state index contributed by atoms with van der Waals surface area (Å²) in [4.78, 5) is 64.3. The highest BCUT2D eigenvalue weighted by Gasteiger charge is 2.42. The van der Waals surface area contributed by atoms with E-state index in [9.17, 15) is 24.0 Å². The second kappa shape index (κ2) is 19.7. The second-order valence-electron chi connectivity index (χ2n) is 9.59. The number of amides is 5. The smallest absolute Gasteiger partial charge is 0.315 e. The van der Waals surface area contributed by atoms with Gasteiger partial charge in [0.05, 0.1) is 6.04 Å². The molecule has 1 rings (SSSR count). The lowest BCUT2D eigenvalue weighted by Gasteiger charge is -2.35. The molecule has 1 fully saturated rings. The predicted octanol–water partition coefficient (Wildman–Crippen LogP) is 2.53. The molecule has 1 saturated heterocycles. The first kappa shape index (κ1) is 36.8. The molecule has 0 aliphatic carbocycles. The summed E-state index contributed by atoms with van der Waals surface area (Å²) >= 11 is 0. The molecule has 10 heteroatoms.